The molecule has 0 heterocycles. The third-order valence-electron chi connectivity index (χ3n) is 3.65. The summed E-state index contributed by atoms with van der Waals surface area (Å²) in [7, 11) is 0. The first-order valence-electron chi connectivity index (χ1n) is 7.43. The minimum absolute atomic E-state index is 0.0683. The molecule has 1 aliphatic carbocycles. The van der Waals surface area contributed by atoms with Crippen LogP contribution in [0.25, 0.3) is 0 Å². The first-order valence-corrected chi connectivity index (χ1v) is 7.43. The molecule has 1 aliphatic rings. The van der Waals surface area contributed by atoms with Crippen LogP contribution in [0.2, 0.25) is 0 Å². The van der Waals surface area contributed by atoms with Crippen LogP contribution in [-0.2, 0) is 16.0 Å². The molecule has 1 saturated carbocycles. The smallest absolute Gasteiger partial charge is 0.320 e. The zero-order valence-electron chi connectivity index (χ0n) is 12.0. The molecule has 3 N–H and O–H groups in total. The van der Waals surface area contributed by atoms with E-state index in [1.165, 1.54) is 5.56 Å². The zero-order chi connectivity index (χ0) is 15.1. The fourth-order valence-corrected chi connectivity index (χ4v) is 2.32. The molecule has 0 bridgehead atoms. The predicted molar refractivity (Wildman–Crippen MR) is 79.9 cm³/mol. The molecule has 1 amide bonds. The Morgan fingerprint density at radius 3 is 2.57 bits per heavy atom. The van der Waals surface area contributed by atoms with E-state index in [0.717, 1.165) is 25.7 Å². The molecule has 5 nitrogen and oxygen atoms in total. The highest BCUT2D eigenvalue weighted by Crippen LogP contribution is 2.32. The molecule has 21 heavy (non-hydrogen) atoms. The molecule has 0 saturated heterocycles. The fourth-order valence-electron chi connectivity index (χ4n) is 2.32. The lowest BCUT2D eigenvalue weighted by molar-refractivity contribution is -0.140. The number of aliphatic carboxylic acids is 1. The minimum Gasteiger partial charge on any atom is -0.480 e. The molecule has 1 aromatic rings. The van der Waals surface area contributed by atoms with E-state index in [-0.39, 0.29) is 18.4 Å². The van der Waals surface area contributed by atoms with Gasteiger partial charge in [0.1, 0.15) is 6.04 Å². The van der Waals surface area contributed by atoms with Crippen LogP contribution in [0, 0.1) is 5.92 Å². The molecule has 0 aromatic heterocycles. The van der Waals surface area contributed by atoms with Crippen LogP contribution < -0.4 is 10.6 Å². The molecule has 1 fully saturated rings. The number of nitrogens with one attached hydrogen (secondary N) is 2. The number of carbonyl (C=O) groups excluding carboxylic acids is 1. The van der Waals surface area contributed by atoms with Gasteiger partial charge in [-0.15, -0.1) is 0 Å². The van der Waals surface area contributed by atoms with Gasteiger partial charge in [0.15, 0.2) is 0 Å². The lowest BCUT2D eigenvalue weighted by Gasteiger charge is -2.13. The van der Waals surface area contributed by atoms with Crippen LogP contribution in [0.1, 0.15) is 24.8 Å². The van der Waals surface area contributed by atoms with Gasteiger partial charge in [0.2, 0.25) is 5.91 Å². The maximum atomic E-state index is 11.7. The van der Waals surface area contributed by atoms with Crippen LogP contribution in [0.5, 0.6) is 0 Å². The third-order valence-corrected chi connectivity index (χ3v) is 3.65. The van der Waals surface area contributed by atoms with Crippen LogP contribution >= 0.6 is 0 Å². The average Bonchev–Trinajstić information content (AvgIpc) is 3.29. The summed E-state index contributed by atoms with van der Waals surface area (Å²) in [5.74, 6) is -0.822. The molecule has 114 valence electrons. The number of amides is 1. The van der Waals surface area contributed by atoms with E-state index >= 15 is 0 Å². The van der Waals surface area contributed by atoms with E-state index in [9.17, 15) is 9.59 Å². The Bertz CT molecular complexity index is 472. The van der Waals surface area contributed by atoms with Gasteiger partial charge in [0, 0.05) is 6.54 Å². The first kappa shape index (κ1) is 15.5. The average molecular weight is 290 g/mol. The highest BCUT2D eigenvalue weighted by atomic mass is 16.4. The maximum absolute atomic E-state index is 11.7. The number of hydrogen-bond donors (Lipinski definition) is 3. The monoisotopic (exact) mass is 290 g/mol. The van der Waals surface area contributed by atoms with Crippen LogP contribution in [-0.4, -0.2) is 36.1 Å². The number of hydrogen-bond acceptors (Lipinski definition) is 3. The lowest BCUT2D eigenvalue weighted by Crippen LogP contribution is -2.44. The van der Waals surface area contributed by atoms with Gasteiger partial charge < -0.3 is 10.4 Å². The van der Waals surface area contributed by atoms with Crippen molar-refractivity contribution in [1.29, 1.82) is 0 Å². The van der Waals surface area contributed by atoms with E-state index in [0.29, 0.717) is 6.54 Å². The van der Waals surface area contributed by atoms with Crippen LogP contribution in [0.4, 0.5) is 0 Å². The van der Waals surface area contributed by atoms with Crippen molar-refractivity contribution < 1.29 is 14.7 Å². The van der Waals surface area contributed by atoms with E-state index in [2.05, 4.69) is 22.8 Å². The summed E-state index contributed by atoms with van der Waals surface area (Å²) in [6.07, 6.45) is 3.67. The largest absolute Gasteiger partial charge is 0.480 e. The molecule has 1 atom stereocenters. The van der Waals surface area contributed by atoms with Crippen molar-refractivity contribution in [3.8, 4) is 0 Å². The van der Waals surface area contributed by atoms with Crippen molar-refractivity contribution in [1.82, 2.24) is 10.6 Å². The van der Waals surface area contributed by atoms with Gasteiger partial charge in [-0.25, -0.2) is 0 Å². The van der Waals surface area contributed by atoms with Crippen LogP contribution in [0.3, 0.4) is 0 Å². The third kappa shape index (κ3) is 5.55. The quantitative estimate of drug-likeness (QED) is 0.597. The van der Waals surface area contributed by atoms with Gasteiger partial charge in [-0.1, -0.05) is 30.3 Å². The number of carboxylic acids is 1. The Hall–Kier alpha value is -1.88. The molecule has 2 rings (SSSR count). The van der Waals surface area contributed by atoms with E-state index in [1.807, 2.05) is 18.2 Å². The molecule has 0 radical (unpaired) electrons. The van der Waals surface area contributed by atoms with Crippen molar-refractivity contribution in [3.63, 3.8) is 0 Å². The van der Waals surface area contributed by atoms with Crippen molar-refractivity contribution in [3.05, 3.63) is 35.9 Å². The summed E-state index contributed by atoms with van der Waals surface area (Å²) in [6.45, 7) is 0.676. The highest BCUT2D eigenvalue weighted by molar-refractivity contribution is 5.80. The summed E-state index contributed by atoms with van der Waals surface area (Å²) in [4.78, 5) is 22.7. The topological polar surface area (TPSA) is 78.4 Å². The summed E-state index contributed by atoms with van der Waals surface area (Å²) in [5, 5.41) is 14.7. The Morgan fingerprint density at radius 2 is 1.95 bits per heavy atom. The standard InChI is InChI=1S/C16H22N2O3/c19-14(11-18-15(16(20)21)13-8-9-13)17-10-4-7-12-5-2-1-3-6-12/h1-3,5-6,13,15,18H,4,7-11H2,(H,17,19)(H,20,21). The second kappa shape index (κ2) is 7.78. The summed E-state index contributed by atoms with van der Waals surface area (Å²) in [6, 6.07) is 9.53. The van der Waals surface area contributed by atoms with Crippen LogP contribution in [0.15, 0.2) is 30.3 Å². The first-order chi connectivity index (χ1) is 10.2. The fraction of sp³-hybridized carbons (Fsp3) is 0.500. The van der Waals surface area contributed by atoms with Gasteiger partial charge in [0.25, 0.3) is 0 Å². The molecule has 5 heteroatoms. The second-order valence-corrected chi connectivity index (χ2v) is 5.47. The number of carbonyl (C=O) groups is 2. The second-order valence-electron chi connectivity index (χ2n) is 5.47. The predicted octanol–water partition coefficient (Wildman–Crippen LogP) is 1.19. The molecule has 1 unspecified atom stereocenters. The highest BCUT2D eigenvalue weighted by Gasteiger charge is 2.36. The van der Waals surface area contributed by atoms with Gasteiger partial charge in [0.05, 0.1) is 6.54 Å². The minimum atomic E-state index is -0.866. The number of carboxylic acid groups (broad SMARTS) is 1. The lowest BCUT2D eigenvalue weighted by atomic mass is 10.1. The molecule has 0 spiro atoms. The van der Waals surface area contributed by atoms with E-state index in [4.69, 9.17) is 5.11 Å². The number of rotatable bonds is 9. The number of aryl methyl sites for hydroxylation is 1. The Morgan fingerprint density at radius 1 is 1.24 bits per heavy atom. The molecular weight excluding hydrogens is 268 g/mol. The van der Waals surface area contributed by atoms with Gasteiger partial charge >= 0.3 is 5.97 Å². The Balaban J connectivity index is 1.58. The summed E-state index contributed by atoms with van der Waals surface area (Å²) >= 11 is 0. The molecular formula is C16H22N2O3. The zero-order valence-corrected chi connectivity index (χ0v) is 12.0. The Labute approximate surface area is 124 Å². The van der Waals surface area contributed by atoms with E-state index in [1.54, 1.807) is 0 Å². The van der Waals surface area contributed by atoms with Gasteiger partial charge in [-0.05, 0) is 37.2 Å². The number of benzene rings is 1. The van der Waals surface area contributed by atoms with Crippen molar-refractivity contribution in [2.24, 2.45) is 5.92 Å². The van der Waals surface area contributed by atoms with Gasteiger partial charge in [-0.3, -0.25) is 14.9 Å². The molecule has 1 aromatic carbocycles. The van der Waals surface area contributed by atoms with Crippen molar-refractivity contribution in [2.45, 2.75) is 31.7 Å². The van der Waals surface area contributed by atoms with Gasteiger partial charge in [-0.2, -0.15) is 0 Å². The SMILES string of the molecule is O=C(CNC(C(=O)O)C1CC1)NCCCc1ccccc1. The van der Waals surface area contributed by atoms with E-state index < -0.39 is 12.0 Å². The summed E-state index contributed by atoms with van der Waals surface area (Å²) < 4.78 is 0. The maximum Gasteiger partial charge on any atom is 0.320 e. The normalized spacial score (nSPS) is 15.4. The van der Waals surface area contributed by atoms with Crippen molar-refractivity contribution >= 4 is 11.9 Å². The Kier molecular flexibility index (Phi) is 5.75. The summed E-state index contributed by atoms with van der Waals surface area (Å²) in [5.41, 5.74) is 1.25. The van der Waals surface area contributed by atoms with Crippen molar-refractivity contribution in [2.75, 3.05) is 13.1 Å². The molecule has 0 aliphatic heterocycles.